The van der Waals surface area contributed by atoms with Gasteiger partial charge in [0.1, 0.15) is 0 Å². The highest BCUT2D eigenvalue weighted by Gasteiger charge is 2.35. The molecule has 0 unspecified atom stereocenters. The molecule has 0 bridgehead atoms. The van der Waals surface area contributed by atoms with Crippen LogP contribution in [0.15, 0.2) is 164 Å². The summed E-state index contributed by atoms with van der Waals surface area (Å²) in [7, 11) is 0. The van der Waals surface area contributed by atoms with Crippen molar-refractivity contribution in [3.05, 3.63) is 175 Å². The van der Waals surface area contributed by atoms with Crippen LogP contribution >= 0.6 is 0 Å². The Balaban J connectivity index is 1.32. The predicted molar refractivity (Wildman–Crippen MR) is 208 cm³/mol. The minimum absolute atomic E-state index is 0.0518. The van der Waals surface area contributed by atoms with Crippen LogP contribution in [-0.2, 0) is 5.41 Å². The fourth-order valence-corrected chi connectivity index (χ4v) is 8.21. The molecule has 0 saturated carbocycles. The molecule has 50 heavy (non-hydrogen) atoms. The van der Waals surface area contributed by atoms with Crippen LogP contribution in [0.1, 0.15) is 25.0 Å². The van der Waals surface area contributed by atoms with Crippen LogP contribution in [0.5, 0.6) is 0 Å². The second-order valence-corrected chi connectivity index (χ2v) is 13.8. The Kier molecular flexibility index (Phi) is 6.22. The number of hydrogen-bond acceptors (Lipinski definition) is 2. The van der Waals surface area contributed by atoms with Crippen molar-refractivity contribution >= 4 is 32.6 Å². The first-order valence-corrected chi connectivity index (χ1v) is 17.3. The molecule has 1 aliphatic carbocycles. The van der Waals surface area contributed by atoms with Gasteiger partial charge < -0.3 is 0 Å². The fraction of sp³-hybridized carbons (Fsp3) is 0.0638. The zero-order chi connectivity index (χ0) is 33.4. The van der Waals surface area contributed by atoms with Crippen LogP contribution in [-0.4, -0.2) is 14.5 Å². The quantitative estimate of drug-likeness (QED) is 0.192. The third-order valence-corrected chi connectivity index (χ3v) is 10.6. The molecule has 236 valence electrons. The van der Waals surface area contributed by atoms with Gasteiger partial charge in [0, 0.05) is 32.9 Å². The SMILES string of the molecule is CC1(C)c2ccccc2-c2cc(-c3cccc4c5c6ccccc6ccc5n(-c5nc(-c6ccccc6)cc(-c6ccccc6)n5)c34)ccc21. The Morgan fingerprint density at radius 1 is 0.460 bits per heavy atom. The molecule has 0 saturated heterocycles. The second-order valence-electron chi connectivity index (χ2n) is 13.8. The fourth-order valence-electron chi connectivity index (χ4n) is 8.21. The number of hydrogen-bond donors (Lipinski definition) is 0. The molecular weight excluding hydrogens is 607 g/mol. The van der Waals surface area contributed by atoms with Crippen molar-refractivity contribution in [2.24, 2.45) is 0 Å². The van der Waals surface area contributed by atoms with E-state index >= 15 is 0 Å². The third-order valence-electron chi connectivity index (χ3n) is 10.6. The van der Waals surface area contributed by atoms with E-state index in [9.17, 15) is 0 Å². The van der Waals surface area contributed by atoms with Gasteiger partial charge in [0.2, 0.25) is 5.95 Å². The van der Waals surface area contributed by atoms with E-state index in [-0.39, 0.29) is 5.41 Å². The van der Waals surface area contributed by atoms with Gasteiger partial charge >= 0.3 is 0 Å². The molecule has 0 amide bonds. The van der Waals surface area contributed by atoms with Gasteiger partial charge in [0.05, 0.1) is 22.4 Å². The zero-order valence-electron chi connectivity index (χ0n) is 27.9. The molecule has 0 atom stereocenters. The molecular formula is C47H33N3. The Morgan fingerprint density at radius 2 is 1.08 bits per heavy atom. The lowest BCUT2D eigenvalue weighted by molar-refractivity contribution is 0.660. The summed E-state index contributed by atoms with van der Waals surface area (Å²) in [5, 5.41) is 4.83. The van der Waals surface area contributed by atoms with Crippen LogP contribution in [0.3, 0.4) is 0 Å². The third kappa shape index (κ3) is 4.23. The molecule has 3 heteroatoms. The summed E-state index contributed by atoms with van der Waals surface area (Å²) in [4.78, 5) is 10.7. The molecule has 0 N–H and O–H groups in total. The van der Waals surface area contributed by atoms with Gasteiger partial charge in [-0.05, 0) is 56.8 Å². The van der Waals surface area contributed by atoms with E-state index in [1.54, 1.807) is 0 Å². The molecule has 0 radical (unpaired) electrons. The molecule has 10 rings (SSSR count). The van der Waals surface area contributed by atoms with Crippen LogP contribution in [0.25, 0.3) is 83.3 Å². The van der Waals surface area contributed by atoms with E-state index in [0.29, 0.717) is 5.95 Å². The number of para-hydroxylation sites is 1. The lowest BCUT2D eigenvalue weighted by Gasteiger charge is -2.21. The first-order valence-electron chi connectivity index (χ1n) is 17.3. The molecule has 1 aliphatic rings. The lowest BCUT2D eigenvalue weighted by Crippen LogP contribution is -2.14. The molecule has 0 fully saturated rings. The van der Waals surface area contributed by atoms with Crippen molar-refractivity contribution in [1.29, 1.82) is 0 Å². The lowest BCUT2D eigenvalue weighted by atomic mass is 9.82. The molecule has 9 aromatic rings. The number of fused-ring (bicyclic) bond motifs is 8. The van der Waals surface area contributed by atoms with Crippen molar-refractivity contribution < 1.29 is 0 Å². The molecule has 2 aromatic heterocycles. The van der Waals surface area contributed by atoms with E-state index < -0.39 is 0 Å². The van der Waals surface area contributed by atoms with Crippen molar-refractivity contribution in [1.82, 2.24) is 14.5 Å². The van der Waals surface area contributed by atoms with Gasteiger partial charge in [0.25, 0.3) is 0 Å². The summed E-state index contributed by atoms with van der Waals surface area (Å²) >= 11 is 0. The number of benzene rings is 7. The molecule has 0 spiro atoms. The Bertz CT molecular complexity index is 2720. The van der Waals surface area contributed by atoms with E-state index in [1.165, 1.54) is 49.4 Å². The maximum Gasteiger partial charge on any atom is 0.235 e. The van der Waals surface area contributed by atoms with Crippen molar-refractivity contribution in [3.8, 4) is 50.7 Å². The Morgan fingerprint density at radius 3 is 1.84 bits per heavy atom. The van der Waals surface area contributed by atoms with Gasteiger partial charge in [-0.1, -0.05) is 159 Å². The van der Waals surface area contributed by atoms with Gasteiger partial charge in [-0.25, -0.2) is 9.97 Å². The van der Waals surface area contributed by atoms with Crippen molar-refractivity contribution in [3.63, 3.8) is 0 Å². The van der Waals surface area contributed by atoms with E-state index in [1.807, 2.05) is 12.1 Å². The maximum atomic E-state index is 5.35. The first kappa shape index (κ1) is 28.7. The average molecular weight is 640 g/mol. The monoisotopic (exact) mass is 639 g/mol. The van der Waals surface area contributed by atoms with Crippen LogP contribution in [0, 0.1) is 0 Å². The topological polar surface area (TPSA) is 30.7 Å². The molecule has 2 heterocycles. The summed E-state index contributed by atoms with van der Waals surface area (Å²) in [6.07, 6.45) is 0. The Labute approximate surface area is 291 Å². The normalized spacial score (nSPS) is 13.2. The van der Waals surface area contributed by atoms with E-state index in [4.69, 9.17) is 9.97 Å². The highest BCUT2D eigenvalue weighted by atomic mass is 15.2. The largest absolute Gasteiger partial charge is 0.277 e. The maximum absolute atomic E-state index is 5.35. The number of nitrogens with zero attached hydrogens (tertiary/aromatic N) is 3. The van der Waals surface area contributed by atoms with Crippen molar-refractivity contribution in [2.45, 2.75) is 19.3 Å². The molecule has 0 aliphatic heterocycles. The second kappa shape index (κ2) is 10.8. The average Bonchev–Trinajstić information content (AvgIpc) is 3.64. The highest BCUT2D eigenvalue weighted by molar-refractivity contribution is 6.23. The smallest absolute Gasteiger partial charge is 0.235 e. The van der Waals surface area contributed by atoms with Gasteiger partial charge in [-0.3, -0.25) is 4.57 Å². The summed E-state index contributed by atoms with van der Waals surface area (Å²) in [5.74, 6) is 0.653. The summed E-state index contributed by atoms with van der Waals surface area (Å²) < 4.78 is 2.30. The Hall–Kier alpha value is -6.32. The molecule has 7 aromatic carbocycles. The predicted octanol–water partition coefficient (Wildman–Crippen LogP) is 12.0. The minimum atomic E-state index is -0.0518. The van der Waals surface area contributed by atoms with Crippen LogP contribution in [0.4, 0.5) is 0 Å². The van der Waals surface area contributed by atoms with E-state index in [2.05, 4.69) is 170 Å². The van der Waals surface area contributed by atoms with Crippen LogP contribution < -0.4 is 0 Å². The zero-order valence-corrected chi connectivity index (χ0v) is 27.9. The van der Waals surface area contributed by atoms with Gasteiger partial charge in [0.15, 0.2) is 0 Å². The number of aromatic nitrogens is 3. The van der Waals surface area contributed by atoms with Crippen LogP contribution in [0.2, 0.25) is 0 Å². The summed E-state index contributed by atoms with van der Waals surface area (Å²) in [5.41, 5.74) is 13.7. The summed E-state index contributed by atoms with van der Waals surface area (Å²) in [6, 6.07) is 58.7. The standard InChI is InChI=1S/C47H33N3/c1-47(2)39-23-12-11-20-36(39)38-28-33(24-26-40(38)47)35-21-13-22-37-44-34-19-10-9-14-30(34)25-27-43(44)50(45(35)37)46-48-41(31-15-5-3-6-16-31)29-42(49-46)32-17-7-4-8-18-32/h3-29H,1-2H3. The van der Waals surface area contributed by atoms with Gasteiger partial charge in [-0.15, -0.1) is 0 Å². The number of rotatable bonds is 4. The minimum Gasteiger partial charge on any atom is -0.277 e. The first-order chi connectivity index (χ1) is 24.6. The highest BCUT2D eigenvalue weighted by Crippen LogP contribution is 2.50. The summed E-state index contributed by atoms with van der Waals surface area (Å²) in [6.45, 7) is 4.67. The molecule has 3 nitrogen and oxygen atoms in total. The van der Waals surface area contributed by atoms with E-state index in [0.717, 1.165) is 39.1 Å². The van der Waals surface area contributed by atoms with Crippen molar-refractivity contribution in [2.75, 3.05) is 0 Å². The van der Waals surface area contributed by atoms with Gasteiger partial charge in [-0.2, -0.15) is 0 Å².